The van der Waals surface area contributed by atoms with E-state index in [1.54, 1.807) is 32.4 Å². The zero-order valence-electron chi connectivity index (χ0n) is 11.9. The lowest BCUT2D eigenvalue weighted by Crippen LogP contribution is -2.37. The van der Waals surface area contributed by atoms with Crippen molar-refractivity contribution < 1.29 is 14.3 Å². The first-order chi connectivity index (χ1) is 9.67. The topological polar surface area (TPSA) is 38.8 Å². The van der Waals surface area contributed by atoms with Gasteiger partial charge in [0.1, 0.15) is 16.9 Å². The first-order valence-electron chi connectivity index (χ1n) is 6.82. The molecule has 1 aliphatic heterocycles. The maximum Gasteiger partial charge on any atom is 0.245 e. The van der Waals surface area contributed by atoms with E-state index >= 15 is 0 Å². The van der Waals surface area contributed by atoms with Crippen LogP contribution in [-0.2, 0) is 4.79 Å². The molecule has 1 heterocycles. The first kappa shape index (κ1) is 15.0. The molecule has 1 aliphatic rings. The van der Waals surface area contributed by atoms with Crippen molar-refractivity contribution in [2.75, 3.05) is 27.3 Å². The van der Waals surface area contributed by atoms with Crippen molar-refractivity contribution >= 4 is 17.5 Å². The van der Waals surface area contributed by atoms with E-state index in [0.717, 1.165) is 25.9 Å². The Kier molecular flexibility index (Phi) is 5.12. The van der Waals surface area contributed by atoms with Crippen LogP contribution in [0, 0.1) is 0 Å². The summed E-state index contributed by atoms with van der Waals surface area (Å²) >= 11 is 6.38. The number of hydrogen-bond acceptors (Lipinski definition) is 3. The lowest BCUT2D eigenvalue weighted by atomic mass is 10.1. The number of hydrogen-bond donors (Lipinski definition) is 0. The van der Waals surface area contributed by atoms with Gasteiger partial charge in [-0.1, -0.05) is 0 Å². The molecule has 1 unspecified atom stereocenters. The molecule has 1 saturated heterocycles. The van der Waals surface area contributed by atoms with E-state index in [2.05, 4.69) is 0 Å². The van der Waals surface area contributed by atoms with Crippen molar-refractivity contribution in [1.29, 1.82) is 0 Å². The van der Waals surface area contributed by atoms with Crippen LogP contribution in [0.2, 0.25) is 0 Å². The summed E-state index contributed by atoms with van der Waals surface area (Å²) in [6, 6.07) is 5.32. The Labute approximate surface area is 124 Å². The summed E-state index contributed by atoms with van der Waals surface area (Å²) in [5.41, 5.74) is 0.657. The van der Waals surface area contributed by atoms with E-state index in [1.165, 1.54) is 6.42 Å². The summed E-state index contributed by atoms with van der Waals surface area (Å²) in [6.07, 6.45) is 3.27. The van der Waals surface area contributed by atoms with Crippen molar-refractivity contribution in [2.45, 2.75) is 24.6 Å². The highest BCUT2D eigenvalue weighted by Crippen LogP contribution is 2.34. The summed E-state index contributed by atoms with van der Waals surface area (Å²) in [6.45, 7) is 1.57. The number of likely N-dealkylation sites (tertiary alicyclic amines) is 1. The van der Waals surface area contributed by atoms with Gasteiger partial charge < -0.3 is 14.4 Å². The monoisotopic (exact) mass is 297 g/mol. The zero-order valence-corrected chi connectivity index (χ0v) is 12.7. The number of piperidine rings is 1. The SMILES string of the molecule is COc1ccc(OC)c(C(Cl)C(=O)N2CCCCC2)c1. The van der Waals surface area contributed by atoms with Crippen LogP contribution >= 0.6 is 11.6 Å². The van der Waals surface area contributed by atoms with Crippen LogP contribution in [0.25, 0.3) is 0 Å². The third-order valence-corrected chi connectivity index (χ3v) is 4.02. The standard InChI is InChI=1S/C15H20ClNO3/c1-19-11-6-7-13(20-2)12(10-11)14(16)15(18)17-8-4-3-5-9-17/h6-7,10,14H,3-5,8-9H2,1-2H3. The summed E-state index contributed by atoms with van der Waals surface area (Å²) < 4.78 is 10.5. The fraction of sp³-hybridized carbons (Fsp3) is 0.533. The van der Waals surface area contributed by atoms with Crippen LogP contribution in [0.15, 0.2) is 18.2 Å². The minimum Gasteiger partial charge on any atom is -0.497 e. The quantitative estimate of drug-likeness (QED) is 0.802. The summed E-state index contributed by atoms with van der Waals surface area (Å²) in [5.74, 6) is 1.21. The van der Waals surface area contributed by atoms with Gasteiger partial charge in [-0.2, -0.15) is 0 Å². The number of carbonyl (C=O) groups is 1. The third-order valence-electron chi connectivity index (χ3n) is 3.59. The zero-order chi connectivity index (χ0) is 14.5. The molecule has 0 aromatic heterocycles. The minimum absolute atomic E-state index is 0.0575. The minimum atomic E-state index is -0.738. The number of benzene rings is 1. The molecule has 20 heavy (non-hydrogen) atoms. The smallest absolute Gasteiger partial charge is 0.245 e. The Morgan fingerprint density at radius 3 is 2.50 bits per heavy atom. The highest BCUT2D eigenvalue weighted by atomic mass is 35.5. The molecule has 2 rings (SSSR count). The molecular weight excluding hydrogens is 278 g/mol. The van der Waals surface area contributed by atoms with E-state index in [9.17, 15) is 4.79 Å². The van der Waals surface area contributed by atoms with Crippen LogP contribution in [0.4, 0.5) is 0 Å². The molecule has 5 heteroatoms. The van der Waals surface area contributed by atoms with Gasteiger partial charge in [0.15, 0.2) is 0 Å². The maximum atomic E-state index is 12.5. The average molecular weight is 298 g/mol. The van der Waals surface area contributed by atoms with Crippen molar-refractivity contribution in [3.05, 3.63) is 23.8 Å². The van der Waals surface area contributed by atoms with E-state index < -0.39 is 5.38 Å². The fourth-order valence-electron chi connectivity index (χ4n) is 2.45. The van der Waals surface area contributed by atoms with Gasteiger partial charge in [0.25, 0.3) is 0 Å². The molecule has 0 N–H and O–H groups in total. The van der Waals surface area contributed by atoms with Gasteiger partial charge in [0.05, 0.1) is 14.2 Å². The number of amides is 1. The highest BCUT2D eigenvalue weighted by molar-refractivity contribution is 6.31. The second kappa shape index (κ2) is 6.84. The van der Waals surface area contributed by atoms with Gasteiger partial charge in [0.2, 0.25) is 5.91 Å². The lowest BCUT2D eigenvalue weighted by molar-refractivity contribution is -0.131. The Balaban J connectivity index is 2.22. The van der Waals surface area contributed by atoms with Gasteiger partial charge in [-0.05, 0) is 37.5 Å². The lowest BCUT2D eigenvalue weighted by Gasteiger charge is -2.29. The summed E-state index contributed by atoms with van der Waals surface area (Å²) in [7, 11) is 3.15. The second-order valence-electron chi connectivity index (χ2n) is 4.86. The Hall–Kier alpha value is -1.42. The Morgan fingerprint density at radius 2 is 1.90 bits per heavy atom. The van der Waals surface area contributed by atoms with E-state index in [0.29, 0.717) is 17.1 Å². The molecule has 4 nitrogen and oxygen atoms in total. The first-order valence-corrected chi connectivity index (χ1v) is 7.25. The van der Waals surface area contributed by atoms with Gasteiger partial charge in [0, 0.05) is 18.7 Å². The predicted molar refractivity (Wildman–Crippen MR) is 78.6 cm³/mol. The Bertz CT molecular complexity index is 472. The summed E-state index contributed by atoms with van der Waals surface area (Å²) in [5, 5.41) is -0.738. The highest BCUT2D eigenvalue weighted by Gasteiger charge is 2.27. The van der Waals surface area contributed by atoms with Crippen molar-refractivity contribution in [3.8, 4) is 11.5 Å². The molecule has 1 aromatic carbocycles. The molecule has 110 valence electrons. The average Bonchev–Trinajstić information content (AvgIpc) is 2.53. The normalized spacial score (nSPS) is 16.6. The van der Waals surface area contributed by atoms with Gasteiger partial charge in [-0.25, -0.2) is 0 Å². The van der Waals surface area contributed by atoms with E-state index in [4.69, 9.17) is 21.1 Å². The maximum absolute atomic E-state index is 12.5. The molecule has 1 amide bonds. The molecule has 1 fully saturated rings. The van der Waals surface area contributed by atoms with Crippen LogP contribution in [-0.4, -0.2) is 38.1 Å². The van der Waals surface area contributed by atoms with E-state index in [1.807, 2.05) is 4.90 Å². The number of methoxy groups -OCH3 is 2. The van der Waals surface area contributed by atoms with Gasteiger partial charge in [-0.3, -0.25) is 4.79 Å². The van der Waals surface area contributed by atoms with Crippen LogP contribution < -0.4 is 9.47 Å². The molecule has 0 spiro atoms. The Morgan fingerprint density at radius 1 is 1.20 bits per heavy atom. The molecule has 0 saturated carbocycles. The molecule has 0 radical (unpaired) electrons. The predicted octanol–water partition coefficient (Wildman–Crippen LogP) is 3.00. The molecule has 0 aliphatic carbocycles. The number of nitrogens with zero attached hydrogens (tertiary/aromatic N) is 1. The van der Waals surface area contributed by atoms with Crippen molar-refractivity contribution in [3.63, 3.8) is 0 Å². The molecule has 1 aromatic rings. The molecule has 0 bridgehead atoms. The third kappa shape index (κ3) is 3.18. The molecular formula is C15H20ClNO3. The van der Waals surface area contributed by atoms with Gasteiger partial charge in [-0.15, -0.1) is 11.6 Å². The van der Waals surface area contributed by atoms with Crippen LogP contribution in [0.1, 0.15) is 30.2 Å². The number of ether oxygens (including phenoxy) is 2. The second-order valence-corrected chi connectivity index (χ2v) is 5.29. The number of alkyl halides is 1. The molecule has 1 atom stereocenters. The number of rotatable bonds is 4. The number of halogens is 1. The van der Waals surface area contributed by atoms with Crippen molar-refractivity contribution in [2.24, 2.45) is 0 Å². The van der Waals surface area contributed by atoms with Crippen LogP contribution in [0.5, 0.6) is 11.5 Å². The fourth-order valence-corrected chi connectivity index (χ4v) is 2.75. The van der Waals surface area contributed by atoms with E-state index in [-0.39, 0.29) is 5.91 Å². The van der Waals surface area contributed by atoms with Crippen molar-refractivity contribution in [1.82, 2.24) is 4.90 Å². The largest absolute Gasteiger partial charge is 0.497 e. The number of carbonyl (C=O) groups excluding carboxylic acids is 1. The van der Waals surface area contributed by atoms with Crippen LogP contribution in [0.3, 0.4) is 0 Å². The summed E-state index contributed by atoms with van der Waals surface area (Å²) in [4.78, 5) is 14.3. The van der Waals surface area contributed by atoms with Gasteiger partial charge >= 0.3 is 0 Å².